The van der Waals surface area contributed by atoms with Crippen LogP contribution in [0, 0.1) is 10.1 Å². The quantitative estimate of drug-likeness (QED) is 0.666. The van der Waals surface area contributed by atoms with Crippen molar-refractivity contribution in [1.82, 2.24) is 4.90 Å². The van der Waals surface area contributed by atoms with Crippen LogP contribution in [0.2, 0.25) is 0 Å². The summed E-state index contributed by atoms with van der Waals surface area (Å²) >= 11 is 0. The van der Waals surface area contributed by atoms with Crippen molar-refractivity contribution >= 4 is 23.2 Å². The molecule has 0 aliphatic heterocycles. The molecule has 1 atom stereocenters. The van der Waals surface area contributed by atoms with E-state index in [9.17, 15) is 19.7 Å². The smallest absolute Gasteiger partial charge is 0.269 e. The van der Waals surface area contributed by atoms with E-state index in [2.05, 4.69) is 5.32 Å². The van der Waals surface area contributed by atoms with E-state index in [1.807, 2.05) is 6.92 Å². The molecule has 1 unspecified atom stereocenters. The molecule has 1 N–H and O–H groups in total. The third-order valence-electron chi connectivity index (χ3n) is 3.92. The molecule has 0 bridgehead atoms. The Hall–Kier alpha value is -3.22. The van der Waals surface area contributed by atoms with Crippen LogP contribution >= 0.6 is 0 Å². The number of nitrogens with one attached hydrogen (secondary N) is 1. The molecule has 0 saturated carbocycles. The zero-order valence-electron chi connectivity index (χ0n) is 14.2. The molecule has 2 aromatic carbocycles. The Kier molecular flexibility index (Phi) is 5.49. The van der Waals surface area contributed by atoms with Crippen LogP contribution in [0.1, 0.15) is 35.8 Å². The van der Waals surface area contributed by atoms with Crippen molar-refractivity contribution in [3.8, 4) is 0 Å². The van der Waals surface area contributed by atoms with Gasteiger partial charge in [0, 0.05) is 37.4 Å². The molecular weight excluding hydrogens is 322 g/mol. The second-order valence-electron chi connectivity index (χ2n) is 5.70. The van der Waals surface area contributed by atoms with Gasteiger partial charge in [-0.25, -0.2) is 0 Å². The van der Waals surface area contributed by atoms with Gasteiger partial charge in [0.25, 0.3) is 11.6 Å². The highest BCUT2D eigenvalue weighted by Gasteiger charge is 2.20. The number of carbonyl (C=O) groups is 2. The van der Waals surface area contributed by atoms with Gasteiger partial charge in [0.1, 0.15) is 0 Å². The molecule has 0 radical (unpaired) electrons. The van der Waals surface area contributed by atoms with Gasteiger partial charge in [-0.3, -0.25) is 19.7 Å². The molecule has 25 heavy (non-hydrogen) atoms. The summed E-state index contributed by atoms with van der Waals surface area (Å²) in [5.41, 5.74) is 1.75. The largest absolute Gasteiger partial charge is 0.335 e. The Morgan fingerprint density at radius 1 is 1.16 bits per heavy atom. The summed E-state index contributed by atoms with van der Waals surface area (Å²) in [6, 6.07) is 12.5. The minimum Gasteiger partial charge on any atom is -0.335 e. The van der Waals surface area contributed by atoms with E-state index in [0.717, 1.165) is 0 Å². The van der Waals surface area contributed by atoms with Gasteiger partial charge in [-0.05, 0) is 36.8 Å². The van der Waals surface area contributed by atoms with Gasteiger partial charge in [0.15, 0.2) is 0 Å². The zero-order chi connectivity index (χ0) is 18.6. The van der Waals surface area contributed by atoms with Crippen LogP contribution in [0.4, 0.5) is 11.4 Å². The number of hydrogen-bond donors (Lipinski definition) is 1. The van der Waals surface area contributed by atoms with E-state index in [-0.39, 0.29) is 23.5 Å². The van der Waals surface area contributed by atoms with E-state index in [1.165, 1.54) is 24.0 Å². The van der Waals surface area contributed by atoms with E-state index in [1.54, 1.807) is 43.4 Å². The standard InChI is InChI=1S/C18H19N3O4/c1-12(15-5-4-6-17(11-15)21(24)25)20(3)18(23)14-7-9-16(10-8-14)19-13(2)22/h4-12H,1-3H3,(H,19,22). The Morgan fingerprint density at radius 2 is 1.80 bits per heavy atom. The number of hydrogen-bond acceptors (Lipinski definition) is 4. The fraction of sp³-hybridized carbons (Fsp3) is 0.222. The molecule has 0 fully saturated rings. The molecule has 2 rings (SSSR count). The molecule has 0 aliphatic rings. The predicted molar refractivity (Wildman–Crippen MR) is 94.4 cm³/mol. The van der Waals surface area contributed by atoms with Crippen LogP contribution in [0.15, 0.2) is 48.5 Å². The van der Waals surface area contributed by atoms with E-state index < -0.39 is 4.92 Å². The molecule has 0 spiro atoms. The normalized spacial score (nSPS) is 11.5. The van der Waals surface area contributed by atoms with E-state index >= 15 is 0 Å². The number of benzene rings is 2. The van der Waals surface area contributed by atoms with Crippen molar-refractivity contribution in [2.45, 2.75) is 19.9 Å². The van der Waals surface area contributed by atoms with Crippen LogP contribution in [-0.4, -0.2) is 28.7 Å². The lowest BCUT2D eigenvalue weighted by atomic mass is 10.1. The van der Waals surface area contributed by atoms with Crippen molar-refractivity contribution in [2.24, 2.45) is 0 Å². The summed E-state index contributed by atoms with van der Waals surface area (Å²) in [5, 5.41) is 13.5. The third-order valence-corrected chi connectivity index (χ3v) is 3.92. The number of non-ortho nitro benzene ring substituents is 1. The lowest BCUT2D eigenvalue weighted by molar-refractivity contribution is -0.384. The van der Waals surface area contributed by atoms with Crippen LogP contribution in [0.25, 0.3) is 0 Å². The van der Waals surface area contributed by atoms with E-state index in [4.69, 9.17) is 0 Å². The molecule has 0 heterocycles. The van der Waals surface area contributed by atoms with Crippen LogP contribution in [0.3, 0.4) is 0 Å². The van der Waals surface area contributed by atoms with Crippen LogP contribution < -0.4 is 5.32 Å². The first kappa shape index (κ1) is 18.1. The Morgan fingerprint density at radius 3 is 2.36 bits per heavy atom. The van der Waals surface area contributed by atoms with Gasteiger partial charge >= 0.3 is 0 Å². The Labute approximate surface area is 145 Å². The fourth-order valence-corrected chi connectivity index (χ4v) is 2.40. The van der Waals surface area contributed by atoms with Gasteiger partial charge < -0.3 is 10.2 Å². The van der Waals surface area contributed by atoms with Gasteiger partial charge in [-0.15, -0.1) is 0 Å². The van der Waals surface area contributed by atoms with Gasteiger partial charge in [0.2, 0.25) is 5.91 Å². The number of anilines is 1. The van der Waals surface area contributed by atoms with E-state index in [0.29, 0.717) is 16.8 Å². The highest BCUT2D eigenvalue weighted by molar-refractivity contribution is 5.95. The van der Waals surface area contributed by atoms with Crippen molar-refractivity contribution in [1.29, 1.82) is 0 Å². The van der Waals surface area contributed by atoms with Gasteiger partial charge in [0.05, 0.1) is 11.0 Å². The first-order valence-electron chi connectivity index (χ1n) is 7.68. The average molecular weight is 341 g/mol. The van der Waals surface area contributed by atoms with Gasteiger partial charge in [-0.1, -0.05) is 12.1 Å². The summed E-state index contributed by atoms with van der Waals surface area (Å²) in [6.45, 7) is 3.22. The van der Waals surface area contributed by atoms with Crippen LogP contribution in [0.5, 0.6) is 0 Å². The highest BCUT2D eigenvalue weighted by atomic mass is 16.6. The lowest BCUT2D eigenvalue weighted by Gasteiger charge is -2.25. The summed E-state index contributed by atoms with van der Waals surface area (Å²) in [5.74, 6) is -0.399. The first-order valence-corrected chi connectivity index (χ1v) is 7.68. The minimum atomic E-state index is -0.460. The maximum atomic E-state index is 12.6. The fourth-order valence-electron chi connectivity index (χ4n) is 2.40. The summed E-state index contributed by atoms with van der Waals surface area (Å²) < 4.78 is 0. The predicted octanol–water partition coefficient (Wildman–Crippen LogP) is 3.39. The Bertz CT molecular complexity index is 802. The number of nitro groups is 1. The van der Waals surface area contributed by atoms with Crippen LogP contribution in [-0.2, 0) is 4.79 Å². The summed E-state index contributed by atoms with van der Waals surface area (Å²) in [6.07, 6.45) is 0. The monoisotopic (exact) mass is 341 g/mol. The molecule has 2 aromatic rings. The molecule has 2 amide bonds. The van der Waals surface area contributed by atoms with Crippen molar-refractivity contribution in [3.63, 3.8) is 0 Å². The topological polar surface area (TPSA) is 92.6 Å². The number of nitrogens with zero attached hydrogens (tertiary/aromatic N) is 2. The molecule has 7 nitrogen and oxygen atoms in total. The first-order chi connectivity index (χ1) is 11.8. The maximum absolute atomic E-state index is 12.6. The molecule has 0 aromatic heterocycles. The molecule has 0 saturated heterocycles. The molecule has 7 heteroatoms. The minimum absolute atomic E-state index is 0.00939. The summed E-state index contributed by atoms with van der Waals surface area (Å²) in [7, 11) is 1.65. The highest BCUT2D eigenvalue weighted by Crippen LogP contribution is 2.24. The van der Waals surface area contributed by atoms with Crippen molar-refractivity contribution < 1.29 is 14.5 Å². The number of amides is 2. The van der Waals surface area contributed by atoms with Crippen molar-refractivity contribution in [3.05, 3.63) is 69.8 Å². The SMILES string of the molecule is CC(=O)Nc1ccc(C(=O)N(C)C(C)c2cccc([N+](=O)[O-])c2)cc1. The van der Waals surface area contributed by atoms with Gasteiger partial charge in [-0.2, -0.15) is 0 Å². The third kappa shape index (κ3) is 4.41. The number of carbonyl (C=O) groups excluding carboxylic acids is 2. The maximum Gasteiger partial charge on any atom is 0.269 e. The average Bonchev–Trinajstić information content (AvgIpc) is 2.60. The second kappa shape index (κ2) is 7.57. The Balaban J connectivity index is 2.17. The lowest BCUT2D eigenvalue weighted by Crippen LogP contribution is -2.29. The zero-order valence-corrected chi connectivity index (χ0v) is 14.2. The number of rotatable bonds is 5. The van der Waals surface area contributed by atoms with Crippen molar-refractivity contribution in [2.75, 3.05) is 12.4 Å². The second-order valence-corrected chi connectivity index (χ2v) is 5.70. The molecule has 0 aliphatic carbocycles. The molecular formula is C18H19N3O4. The molecule has 130 valence electrons. The summed E-state index contributed by atoms with van der Waals surface area (Å²) in [4.78, 5) is 35.6. The number of nitro benzene ring substituents is 1.